The lowest BCUT2D eigenvalue weighted by Gasteiger charge is -2.10. The fraction of sp³-hybridized carbons (Fsp3) is 0. The second kappa shape index (κ2) is 6.90. The van der Waals surface area contributed by atoms with Gasteiger partial charge in [-0.1, -0.05) is 72.4 Å². The van der Waals surface area contributed by atoms with Gasteiger partial charge < -0.3 is 0 Å². The average Bonchev–Trinajstić information content (AvgIpc) is 2.58. The van der Waals surface area contributed by atoms with E-state index in [0.717, 1.165) is 20.9 Å². The summed E-state index contributed by atoms with van der Waals surface area (Å²) in [6, 6.07) is 25.9. The zero-order valence-electron chi connectivity index (χ0n) is 11.8. The summed E-state index contributed by atoms with van der Waals surface area (Å²) < 4.78 is 0. The highest BCUT2D eigenvalue weighted by Crippen LogP contribution is 2.41. The summed E-state index contributed by atoms with van der Waals surface area (Å²) in [5.41, 5.74) is 2.63. The summed E-state index contributed by atoms with van der Waals surface area (Å²) in [7, 11) is 0. The Hall–Kier alpha value is -2.61. The summed E-state index contributed by atoms with van der Waals surface area (Å²) in [6.45, 7) is 0. The molecule has 22 heavy (non-hydrogen) atoms. The highest BCUT2D eigenvalue weighted by atomic mass is 32.2. The zero-order chi connectivity index (χ0) is 15.2. The predicted molar refractivity (Wildman–Crippen MR) is 90.2 cm³/mol. The lowest BCUT2D eigenvalue weighted by atomic mass is 10.0. The van der Waals surface area contributed by atoms with Crippen LogP contribution in [-0.2, 0) is 4.79 Å². The van der Waals surface area contributed by atoms with Crippen LogP contribution in [0.15, 0.2) is 93.6 Å². The molecule has 3 aromatic rings. The molecule has 0 saturated carbocycles. The molecule has 3 heteroatoms. The van der Waals surface area contributed by atoms with Crippen LogP contribution in [0, 0.1) is 0 Å². The minimum atomic E-state index is 0.664. The van der Waals surface area contributed by atoms with Crippen LogP contribution in [0.3, 0.4) is 0 Å². The van der Waals surface area contributed by atoms with Crippen LogP contribution in [0.4, 0.5) is 5.69 Å². The molecular formula is C19H13NOS. The minimum absolute atomic E-state index is 0.664. The number of aliphatic imine (C=N–C) groups is 1. The number of para-hydroxylation sites is 1. The van der Waals surface area contributed by atoms with Crippen LogP contribution in [0.5, 0.6) is 0 Å². The molecule has 0 N–H and O–H groups in total. The Labute approximate surface area is 133 Å². The van der Waals surface area contributed by atoms with Crippen LogP contribution in [0.25, 0.3) is 11.1 Å². The smallest absolute Gasteiger partial charge is 0.211 e. The van der Waals surface area contributed by atoms with E-state index < -0.39 is 0 Å². The molecule has 0 heterocycles. The van der Waals surface area contributed by atoms with Gasteiger partial charge in [0.15, 0.2) is 0 Å². The highest BCUT2D eigenvalue weighted by molar-refractivity contribution is 7.99. The van der Waals surface area contributed by atoms with Crippen LogP contribution >= 0.6 is 11.8 Å². The van der Waals surface area contributed by atoms with Crippen molar-refractivity contribution in [2.45, 2.75) is 9.79 Å². The van der Waals surface area contributed by atoms with Gasteiger partial charge in [0.05, 0.1) is 5.69 Å². The summed E-state index contributed by atoms with van der Waals surface area (Å²) in [6.07, 6.45) is 1.68. The maximum atomic E-state index is 10.9. The molecule has 0 aromatic heterocycles. The van der Waals surface area contributed by atoms with Crippen LogP contribution in [0.2, 0.25) is 0 Å². The third-order valence-corrected chi connectivity index (χ3v) is 4.27. The fourth-order valence-corrected chi connectivity index (χ4v) is 3.18. The first-order valence-corrected chi connectivity index (χ1v) is 7.69. The van der Waals surface area contributed by atoms with E-state index >= 15 is 0 Å². The van der Waals surface area contributed by atoms with Crippen molar-refractivity contribution in [1.82, 2.24) is 0 Å². The Balaban J connectivity index is 2.09. The Morgan fingerprint density at radius 2 is 1.45 bits per heavy atom. The summed E-state index contributed by atoms with van der Waals surface area (Å²) in [5.74, 6) is 0. The standard InChI is InChI=1S/C19H13NOS/c21-14-20-19-17(15-8-3-1-4-9-15)12-7-13-18(19)22-16-10-5-2-6-11-16/h1-13H. The quantitative estimate of drug-likeness (QED) is 0.472. The molecule has 0 aliphatic carbocycles. The maximum Gasteiger partial charge on any atom is 0.240 e. The first kappa shape index (κ1) is 14.3. The zero-order valence-corrected chi connectivity index (χ0v) is 12.6. The van der Waals surface area contributed by atoms with Gasteiger partial charge in [0.1, 0.15) is 0 Å². The van der Waals surface area contributed by atoms with Gasteiger partial charge >= 0.3 is 0 Å². The highest BCUT2D eigenvalue weighted by Gasteiger charge is 2.10. The molecule has 0 radical (unpaired) electrons. The van der Waals surface area contributed by atoms with E-state index in [1.54, 1.807) is 17.8 Å². The number of hydrogen-bond acceptors (Lipinski definition) is 3. The number of nitrogens with zero attached hydrogens (tertiary/aromatic N) is 1. The average molecular weight is 303 g/mol. The van der Waals surface area contributed by atoms with Crippen molar-refractivity contribution in [1.29, 1.82) is 0 Å². The summed E-state index contributed by atoms with van der Waals surface area (Å²) >= 11 is 1.59. The Morgan fingerprint density at radius 3 is 2.14 bits per heavy atom. The van der Waals surface area contributed by atoms with Crippen molar-refractivity contribution in [2.75, 3.05) is 0 Å². The van der Waals surface area contributed by atoms with E-state index in [1.807, 2.05) is 78.9 Å². The van der Waals surface area contributed by atoms with Crippen LogP contribution in [-0.4, -0.2) is 6.08 Å². The van der Waals surface area contributed by atoms with Crippen molar-refractivity contribution in [3.63, 3.8) is 0 Å². The third-order valence-electron chi connectivity index (χ3n) is 3.21. The van der Waals surface area contributed by atoms with Crippen molar-refractivity contribution in [3.05, 3.63) is 78.9 Å². The van der Waals surface area contributed by atoms with Gasteiger partial charge in [-0.25, -0.2) is 4.79 Å². The molecule has 0 aliphatic heterocycles. The second-order valence-electron chi connectivity index (χ2n) is 4.64. The first-order chi connectivity index (χ1) is 10.9. The van der Waals surface area contributed by atoms with E-state index in [1.165, 1.54) is 0 Å². The summed E-state index contributed by atoms with van der Waals surface area (Å²) in [4.78, 5) is 16.9. The maximum absolute atomic E-state index is 10.9. The van der Waals surface area contributed by atoms with Gasteiger partial charge in [-0.3, -0.25) is 0 Å². The molecule has 0 amide bonds. The van der Waals surface area contributed by atoms with Gasteiger partial charge in [-0.15, -0.1) is 0 Å². The molecular weight excluding hydrogens is 290 g/mol. The minimum Gasteiger partial charge on any atom is -0.211 e. The normalized spacial score (nSPS) is 10.0. The molecule has 0 unspecified atom stereocenters. The molecule has 0 atom stereocenters. The molecule has 2 nitrogen and oxygen atoms in total. The molecule has 0 saturated heterocycles. The van der Waals surface area contributed by atoms with Crippen LogP contribution < -0.4 is 0 Å². The second-order valence-corrected chi connectivity index (χ2v) is 5.75. The number of hydrogen-bond donors (Lipinski definition) is 0. The van der Waals surface area contributed by atoms with Gasteiger partial charge in [-0.2, -0.15) is 4.99 Å². The number of benzene rings is 3. The van der Waals surface area contributed by atoms with E-state index in [0.29, 0.717) is 5.69 Å². The number of rotatable bonds is 4. The predicted octanol–water partition coefficient (Wildman–Crippen LogP) is 5.47. The largest absolute Gasteiger partial charge is 0.240 e. The van der Waals surface area contributed by atoms with Gasteiger partial charge in [0, 0.05) is 15.4 Å². The monoisotopic (exact) mass is 303 g/mol. The van der Waals surface area contributed by atoms with E-state index in [9.17, 15) is 4.79 Å². The van der Waals surface area contributed by atoms with Crippen molar-refractivity contribution < 1.29 is 4.79 Å². The Bertz CT molecular complexity index is 809. The van der Waals surface area contributed by atoms with Crippen LogP contribution in [0.1, 0.15) is 0 Å². The number of isocyanates is 1. The van der Waals surface area contributed by atoms with Crippen molar-refractivity contribution in [2.24, 2.45) is 4.99 Å². The van der Waals surface area contributed by atoms with E-state index in [4.69, 9.17) is 0 Å². The molecule has 3 rings (SSSR count). The molecule has 0 aliphatic rings. The van der Waals surface area contributed by atoms with Gasteiger partial charge in [0.2, 0.25) is 6.08 Å². The Kier molecular flexibility index (Phi) is 4.50. The van der Waals surface area contributed by atoms with Gasteiger partial charge in [0.25, 0.3) is 0 Å². The lowest BCUT2D eigenvalue weighted by Crippen LogP contribution is -1.82. The summed E-state index contributed by atoms with van der Waals surface area (Å²) in [5, 5.41) is 0. The number of carbonyl (C=O) groups excluding carboxylic acids is 1. The van der Waals surface area contributed by atoms with E-state index in [-0.39, 0.29) is 0 Å². The van der Waals surface area contributed by atoms with Crippen molar-refractivity contribution in [3.8, 4) is 11.1 Å². The first-order valence-electron chi connectivity index (χ1n) is 6.87. The van der Waals surface area contributed by atoms with Crippen molar-refractivity contribution >= 4 is 23.5 Å². The molecule has 0 bridgehead atoms. The molecule has 106 valence electrons. The molecule has 0 fully saturated rings. The molecule has 0 spiro atoms. The van der Waals surface area contributed by atoms with Gasteiger partial charge in [-0.05, 0) is 23.8 Å². The third kappa shape index (κ3) is 3.17. The topological polar surface area (TPSA) is 29.4 Å². The SMILES string of the molecule is O=C=Nc1c(Sc2ccccc2)cccc1-c1ccccc1. The van der Waals surface area contributed by atoms with E-state index in [2.05, 4.69) is 4.99 Å². The fourth-order valence-electron chi connectivity index (χ4n) is 2.23. The Morgan fingerprint density at radius 1 is 0.773 bits per heavy atom. The lowest BCUT2D eigenvalue weighted by molar-refractivity contribution is 0.565. The molecule has 3 aromatic carbocycles.